The van der Waals surface area contributed by atoms with Crippen molar-refractivity contribution in [3.05, 3.63) is 70.3 Å². The van der Waals surface area contributed by atoms with Crippen LogP contribution in [-0.4, -0.2) is 76.5 Å². The molecule has 3 rings (SSSR count). The maximum Gasteiger partial charge on any atom is 0.410 e. The zero-order valence-electron chi connectivity index (χ0n) is 25.2. The van der Waals surface area contributed by atoms with Gasteiger partial charge >= 0.3 is 6.09 Å². The Morgan fingerprint density at radius 1 is 1.14 bits per heavy atom. The highest BCUT2D eigenvalue weighted by molar-refractivity contribution is 5.95. The summed E-state index contributed by atoms with van der Waals surface area (Å²) in [5, 5.41) is 3.22. The lowest BCUT2D eigenvalue weighted by Gasteiger charge is -2.19. The summed E-state index contributed by atoms with van der Waals surface area (Å²) in [6.45, 7) is 6.33. The number of carbonyl (C=O) groups excluding carboxylic acids is 3. The minimum Gasteiger partial charge on any atom is -0.436 e. The molecule has 0 aliphatic carbocycles. The second-order valence-corrected chi connectivity index (χ2v) is 11.8. The summed E-state index contributed by atoms with van der Waals surface area (Å²) < 4.78 is 21.0. The minimum atomic E-state index is -1.23. The molecular weight excluding hydrogens is 543 g/mol. The standard InChI is InChI=1S/C30H39FN6O5/c1-30(2,3)15-20-13-21(31)12-19-14-22(33-26(19)20)17-37-18-32-16-23(28(37)40)34-27(39)24(42-29(41)36(6)7)10-8-9-11-25(38)35(4)5/h9,11-14,16,18,24,33H,8,10,15,17H2,1-7H3,(H,34,39). The lowest BCUT2D eigenvalue weighted by Crippen LogP contribution is -2.37. The van der Waals surface area contributed by atoms with E-state index in [-0.39, 0.29) is 42.2 Å². The van der Waals surface area contributed by atoms with E-state index in [0.717, 1.165) is 11.1 Å². The molecule has 2 heterocycles. The van der Waals surface area contributed by atoms with Crippen LogP contribution in [0.15, 0.2) is 47.7 Å². The number of allylic oxidation sites excluding steroid dienone is 1. The largest absolute Gasteiger partial charge is 0.436 e. The van der Waals surface area contributed by atoms with Crippen molar-refractivity contribution in [1.29, 1.82) is 0 Å². The second kappa shape index (κ2) is 13.5. The van der Waals surface area contributed by atoms with Crippen LogP contribution in [0.4, 0.5) is 14.9 Å². The van der Waals surface area contributed by atoms with Crippen LogP contribution >= 0.6 is 0 Å². The molecule has 2 aromatic heterocycles. The molecule has 0 aliphatic rings. The van der Waals surface area contributed by atoms with Gasteiger partial charge in [0.25, 0.3) is 11.5 Å². The minimum absolute atomic E-state index is 0.0575. The normalized spacial score (nSPS) is 12.4. The molecule has 1 atom stereocenters. The van der Waals surface area contributed by atoms with Gasteiger partial charge in [0.1, 0.15) is 11.5 Å². The fourth-order valence-corrected chi connectivity index (χ4v) is 4.23. The van der Waals surface area contributed by atoms with Crippen molar-refractivity contribution in [1.82, 2.24) is 24.3 Å². The molecule has 0 fully saturated rings. The van der Waals surface area contributed by atoms with Crippen LogP contribution in [-0.2, 0) is 27.3 Å². The maximum absolute atomic E-state index is 14.3. The molecular formula is C30H39FN6O5. The predicted octanol–water partition coefficient (Wildman–Crippen LogP) is 3.93. The van der Waals surface area contributed by atoms with Crippen molar-refractivity contribution in [2.24, 2.45) is 5.41 Å². The highest BCUT2D eigenvalue weighted by atomic mass is 19.1. The SMILES string of the molecule is CN(C)C(=O)C=CCCC(OC(=O)N(C)C)C(=O)Nc1cncn(Cc2cc3cc(F)cc(CC(C)(C)C)c3[nH]2)c1=O. The summed E-state index contributed by atoms with van der Waals surface area (Å²) in [5.74, 6) is -1.26. The van der Waals surface area contributed by atoms with E-state index in [2.05, 4.69) is 36.1 Å². The number of benzene rings is 1. The lowest BCUT2D eigenvalue weighted by molar-refractivity contribution is -0.125. The number of hydrogen-bond acceptors (Lipinski definition) is 6. The number of fused-ring (bicyclic) bond motifs is 1. The molecule has 3 aromatic rings. The first-order valence-corrected chi connectivity index (χ1v) is 13.6. The highest BCUT2D eigenvalue weighted by Gasteiger charge is 2.25. The molecule has 0 radical (unpaired) electrons. The van der Waals surface area contributed by atoms with Crippen LogP contribution in [0.1, 0.15) is 44.9 Å². The molecule has 2 N–H and O–H groups in total. The summed E-state index contributed by atoms with van der Waals surface area (Å²) in [4.78, 5) is 60.3. The quantitative estimate of drug-likeness (QED) is 0.349. The lowest BCUT2D eigenvalue weighted by atomic mass is 9.87. The van der Waals surface area contributed by atoms with Crippen molar-refractivity contribution in [3.63, 3.8) is 0 Å². The number of nitrogens with one attached hydrogen (secondary N) is 2. The molecule has 0 saturated carbocycles. The van der Waals surface area contributed by atoms with Gasteiger partial charge in [-0.1, -0.05) is 26.8 Å². The van der Waals surface area contributed by atoms with Gasteiger partial charge in [-0.3, -0.25) is 19.0 Å². The van der Waals surface area contributed by atoms with E-state index in [9.17, 15) is 23.6 Å². The van der Waals surface area contributed by atoms with Crippen LogP contribution < -0.4 is 10.9 Å². The summed E-state index contributed by atoms with van der Waals surface area (Å²) in [7, 11) is 6.20. The zero-order valence-corrected chi connectivity index (χ0v) is 25.2. The van der Waals surface area contributed by atoms with Gasteiger partial charge in [0.2, 0.25) is 5.91 Å². The van der Waals surface area contributed by atoms with E-state index in [1.807, 2.05) is 0 Å². The number of rotatable bonds is 10. The molecule has 226 valence electrons. The molecule has 12 heteroatoms. The molecule has 42 heavy (non-hydrogen) atoms. The van der Waals surface area contributed by atoms with E-state index in [1.54, 1.807) is 26.2 Å². The number of ether oxygens (including phenoxy) is 1. The Labute approximate surface area is 244 Å². The van der Waals surface area contributed by atoms with Crippen LogP contribution in [0.25, 0.3) is 10.9 Å². The first-order valence-electron chi connectivity index (χ1n) is 13.6. The van der Waals surface area contributed by atoms with Gasteiger partial charge in [-0.2, -0.15) is 0 Å². The number of halogens is 1. The Morgan fingerprint density at radius 2 is 1.86 bits per heavy atom. The molecule has 0 spiro atoms. The van der Waals surface area contributed by atoms with Crippen molar-refractivity contribution < 1.29 is 23.5 Å². The van der Waals surface area contributed by atoms with Crippen LogP contribution in [0.2, 0.25) is 0 Å². The first-order chi connectivity index (χ1) is 19.6. The van der Waals surface area contributed by atoms with Crippen LogP contribution in [0, 0.1) is 11.2 Å². The molecule has 3 amide bonds. The van der Waals surface area contributed by atoms with E-state index in [0.29, 0.717) is 17.5 Å². The number of likely N-dealkylation sites (N-methyl/N-ethyl adjacent to an activating group) is 1. The van der Waals surface area contributed by atoms with Crippen LogP contribution in [0.3, 0.4) is 0 Å². The summed E-state index contributed by atoms with van der Waals surface area (Å²) in [5.41, 5.74) is 1.63. The Morgan fingerprint density at radius 3 is 2.50 bits per heavy atom. The number of hydrogen-bond donors (Lipinski definition) is 2. The molecule has 1 aromatic carbocycles. The van der Waals surface area contributed by atoms with Gasteiger partial charge in [-0.25, -0.2) is 14.2 Å². The maximum atomic E-state index is 14.3. The summed E-state index contributed by atoms with van der Waals surface area (Å²) in [6, 6.07) is 4.75. The predicted molar refractivity (Wildman–Crippen MR) is 159 cm³/mol. The summed E-state index contributed by atoms with van der Waals surface area (Å²) >= 11 is 0. The monoisotopic (exact) mass is 582 g/mol. The number of H-pyrrole nitrogens is 1. The third-order valence-electron chi connectivity index (χ3n) is 6.25. The Balaban J connectivity index is 1.80. The van der Waals surface area contributed by atoms with E-state index in [4.69, 9.17) is 4.74 Å². The fraction of sp³-hybridized carbons (Fsp3) is 0.433. The van der Waals surface area contributed by atoms with Crippen LogP contribution in [0.5, 0.6) is 0 Å². The first kappa shape index (κ1) is 32.0. The number of aromatic amines is 1. The average molecular weight is 583 g/mol. The average Bonchev–Trinajstić information content (AvgIpc) is 3.29. The van der Waals surface area contributed by atoms with Gasteiger partial charge in [-0.15, -0.1) is 0 Å². The van der Waals surface area contributed by atoms with Crippen molar-refractivity contribution in [3.8, 4) is 0 Å². The molecule has 0 saturated heterocycles. The van der Waals surface area contributed by atoms with Gasteiger partial charge in [0, 0.05) is 44.8 Å². The topological polar surface area (TPSA) is 130 Å². The zero-order chi connectivity index (χ0) is 31.2. The smallest absolute Gasteiger partial charge is 0.410 e. The van der Waals surface area contributed by atoms with E-state index < -0.39 is 23.7 Å². The molecule has 0 bridgehead atoms. The third-order valence-corrected chi connectivity index (χ3v) is 6.25. The number of anilines is 1. The van der Waals surface area contributed by atoms with Gasteiger partial charge in [0.15, 0.2) is 6.10 Å². The number of amides is 3. The van der Waals surface area contributed by atoms with Gasteiger partial charge < -0.3 is 24.8 Å². The van der Waals surface area contributed by atoms with E-state index in [1.165, 1.54) is 59.2 Å². The molecule has 0 aliphatic heterocycles. The summed E-state index contributed by atoms with van der Waals surface area (Å²) in [6.07, 6.45) is 4.58. The van der Waals surface area contributed by atoms with Crippen molar-refractivity contribution in [2.45, 2.75) is 52.7 Å². The fourth-order valence-electron chi connectivity index (χ4n) is 4.23. The molecule has 1 unspecified atom stereocenters. The van der Waals surface area contributed by atoms with E-state index >= 15 is 0 Å². The number of carbonyl (C=O) groups is 3. The van der Waals surface area contributed by atoms with Gasteiger partial charge in [0.05, 0.1) is 19.1 Å². The Kier molecular flexibility index (Phi) is 10.3. The highest BCUT2D eigenvalue weighted by Crippen LogP contribution is 2.28. The van der Waals surface area contributed by atoms with Crippen molar-refractivity contribution in [2.75, 3.05) is 33.5 Å². The van der Waals surface area contributed by atoms with Crippen molar-refractivity contribution >= 4 is 34.5 Å². The Hall–Kier alpha value is -4.48. The third kappa shape index (κ3) is 8.76. The Bertz CT molecular complexity index is 1530. The number of nitrogens with zero attached hydrogens (tertiary/aromatic N) is 4. The van der Waals surface area contributed by atoms with Gasteiger partial charge in [-0.05, 0) is 54.5 Å². The number of aromatic nitrogens is 3. The molecule has 11 nitrogen and oxygen atoms in total. The second-order valence-electron chi connectivity index (χ2n) is 11.8.